The molecule has 2 aromatic carbocycles. The molecule has 0 aliphatic rings. The highest BCUT2D eigenvalue weighted by Gasteiger charge is 2.25. The number of aliphatic hydroxyl groups is 1. The Morgan fingerprint density at radius 2 is 1.76 bits per heavy atom. The first kappa shape index (κ1) is 17.3. The van der Waals surface area contributed by atoms with Crippen LogP contribution in [0.25, 0.3) is 0 Å². The van der Waals surface area contributed by atoms with E-state index in [9.17, 15) is 5.11 Å². The fourth-order valence-electron chi connectivity index (χ4n) is 2.19. The Morgan fingerprint density at radius 1 is 1.05 bits per heavy atom. The number of hydrogen-bond donors (Lipinski definition) is 2. The van der Waals surface area contributed by atoms with Crippen molar-refractivity contribution in [2.24, 2.45) is 5.73 Å². The van der Waals surface area contributed by atoms with E-state index >= 15 is 0 Å². The second-order valence-electron chi connectivity index (χ2n) is 4.62. The molecule has 2 aromatic rings. The Morgan fingerprint density at radius 3 is 2.38 bits per heavy atom. The number of hydrogen-bond acceptors (Lipinski definition) is 2. The molecule has 3 N–H and O–H groups in total. The highest BCUT2D eigenvalue weighted by molar-refractivity contribution is 9.11. The van der Waals surface area contributed by atoms with Crippen LogP contribution < -0.4 is 5.73 Å². The molecule has 0 aliphatic carbocycles. The van der Waals surface area contributed by atoms with Crippen molar-refractivity contribution in [2.75, 3.05) is 6.54 Å². The van der Waals surface area contributed by atoms with Crippen molar-refractivity contribution >= 4 is 55.1 Å². The molecule has 0 heterocycles. The van der Waals surface area contributed by atoms with Gasteiger partial charge >= 0.3 is 0 Å². The second-order valence-corrected chi connectivity index (χ2v) is 7.23. The summed E-state index contributed by atoms with van der Waals surface area (Å²) in [6.45, 7) is 0.265. The molecule has 2 atom stereocenters. The summed E-state index contributed by atoms with van der Waals surface area (Å²) in [4.78, 5) is 0. The van der Waals surface area contributed by atoms with Crippen LogP contribution in [0.3, 0.4) is 0 Å². The van der Waals surface area contributed by atoms with Crippen molar-refractivity contribution in [2.45, 2.75) is 12.0 Å². The quantitative estimate of drug-likeness (QED) is 0.660. The van der Waals surface area contributed by atoms with E-state index in [1.807, 2.05) is 18.2 Å². The molecule has 0 amide bonds. The molecule has 21 heavy (non-hydrogen) atoms. The zero-order valence-electron chi connectivity index (χ0n) is 10.9. The lowest BCUT2D eigenvalue weighted by molar-refractivity contribution is 0.146. The molecule has 2 rings (SSSR count). The molecule has 2 nitrogen and oxygen atoms in total. The number of halogens is 4. The third-order valence-corrected chi connectivity index (χ3v) is 5.05. The van der Waals surface area contributed by atoms with Gasteiger partial charge in [0.25, 0.3) is 0 Å². The molecule has 0 bridgehead atoms. The van der Waals surface area contributed by atoms with Gasteiger partial charge in [0, 0.05) is 31.5 Å². The number of nitrogens with two attached hydrogens (primary N) is 1. The lowest BCUT2D eigenvalue weighted by atomic mass is 9.89. The van der Waals surface area contributed by atoms with Gasteiger partial charge < -0.3 is 10.8 Å². The van der Waals surface area contributed by atoms with E-state index in [1.165, 1.54) is 0 Å². The molecule has 112 valence electrons. The van der Waals surface area contributed by atoms with Crippen LogP contribution >= 0.6 is 55.1 Å². The van der Waals surface area contributed by atoms with Crippen LogP contribution in [-0.4, -0.2) is 11.7 Å². The van der Waals surface area contributed by atoms with Gasteiger partial charge in [-0.2, -0.15) is 0 Å². The summed E-state index contributed by atoms with van der Waals surface area (Å²) in [7, 11) is 0. The van der Waals surface area contributed by atoms with Gasteiger partial charge in [-0.05, 0) is 41.5 Å². The summed E-state index contributed by atoms with van der Waals surface area (Å²) < 4.78 is 1.71. The normalized spacial score (nSPS) is 14.0. The van der Waals surface area contributed by atoms with Gasteiger partial charge in [-0.1, -0.05) is 61.1 Å². The Kier molecular flexibility index (Phi) is 6.12. The lowest BCUT2D eigenvalue weighted by Crippen LogP contribution is -2.21. The minimum absolute atomic E-state index is 0.265. The maximum atomic E-state index is 10.7. The van der Waals surface area contributed by atoms with Gasteiger partial charge in [0.05, 0.1) is 6.10 Å². The molecule has 0 saturated heterocycles. The van der Waals surface area contributed by atoms with Crippen LogP contribution in [0.15, 0.2) is 45.3 Å². The van der Waals surface area contributed by atoms with E-state index in [-0.39, 0.29) is 12.5 Å². The summed E-state index contributed by atoms with van der Waals surface area (Å²) in [5.74, 6) is -0.319. The molecule has 0 aliphatic heterocycles. The smallest absolute Gasteiger partial charge is 0.0882 e. The maximum absolute atomic E-state index is 10.7. The monoisotopic (exact) mass is 451 g/mol. The topological polar surface area (TPSA) is 46.2 Å². The van der Waals surface area contributed by atoms with E-state index in [0.717, 1.165) is 20.1 Å². The summed E-state index contributed by atoms with van der Waals surface area (Å²) in [5.41, 5.74) is 7.40. The summed E-state index contributed by atoms with van der Waals surface area (Å²) in [6.07, 6.45) is -0.777. The molecule has 0 spiro atoms. The molecule has 6 heteroatoms. The summed E-state index contributed by atoms with van der Waals surface area (Å²) in [6, 6.07) is 10.8. The predicted octanol–water partition coefficient (Wildman–Crippen LogP) is 5.29. The minimum atomic E-state index is -0.777. The molecular weight excluding hydrogens is 441 g/mol. The fraction of sp³-hybridized carbons (Fsp3) is 0.200. The van der Waals surface area contributed by atoms with Gasteiger partial charge in [0.2, 0.25) is 0 Å². The molecule has 2 unspecified atom stereocenters. The van der Waals surface area contributed by atoms with Crippen molar-refractivity contribution in [3.05, 3.63) is 66.5 Å². The largest absolute Gasteiger partial charge is 0.388 e. The third-order valence-electron chi connectivity index (χ3n) is 3.27. The Balaban J connectivity index is 2.43. The van der Waals surface area contributed by atoms with Crippen LogP contribution in [0, 0.1) is 0 Å². The van der Waals surface area contributed by atoms with Gasteiger partial charge in [0.1, 0.15) is 0 Å². The van der Waals surface area contributed by atoms with Crippen molar-refractivity contribution < 1.29 is 5.11 Å². The van der Waals surface area contributed by atoms with E-state index in [4.69, 9.17) is 28.9 Å². The molecule has 0 saturated carbocycles. The molecule has 0 aromatic heterocycles. The maximum Gasteiger partial charge on any atom is 0.0882 e. The Labute approximate surface area is 150 Å². The van der Waals surface area contributed by atoms with E-state index < -0.39 is 6.10 Å². The van der Waals surface area contributed by atoms with Gasteiger partial charge in [-0.15, -0.1) is 0 Å². The van der Waals surface area contributed by atoms with Crippen molar-refractivity contribution in [3.8, 4) is 0 Å². The molecular formula is C15H13Br2Cl2NO. The highest BCUT2D eigenvalue weighted by atomic mass is 79.9. The lowest BCUT2D eigenvalue weighted by Gasteiger charge is -2.24. The Hall–Kier alpha value is -0.100. The number of aliphatic hydroxyl groups excluding tert-OH is 1. The zero-order chi connectivity index (χ0) is 15.6. The van der Waals surface area contributed by atoms with Crippen molar-refractivity contribution in [1.29, 1.82) is 0 Å². The first-order valence-corrected chi connectivity index (χ1v) is 8.56. The first-order valence-electron chi connectivity index (χ1n) is 6.22. The van der Waals surface area contributed by atoms with Gasteiger partial charge in [-0.3, -0.25) is 0 Å². The standard InChI is InChI=1S/C15H13Br2Cl2NO/c16-8-1-4-13(17)11(5-8)15(21)12(7-20)10-3-2-9(18)6-14(10)19/h1-6,12,15,21H,7,20H2. The van der Waals surface area contributed by atoms with Crippen LogP contribution in [0.1, 0.15) is 23.1 Å². The van der Waals surface area contributed by atoms with Crippen LogP contribution in [0.5, 0.6) is 0 Å². The van der Waals surface area contributed by atoms with Crippen LogP contribution in [-0.2, 0) is 0 Å². The van der Waals surface area contributed by atoms with E-state index in [2.05, 4.69) is 31.9 Å². The number of benzene rings is 2. The molecule has 0 radical (unpaired) electrons. The van der Waals surface area contributed by atoms with Crippen molar-refractivity contribution in [3.63, 3.8) is 0 Å². The van der Waals surface area contributed by atoms with Gasteiger partial charge in [-0.25, -0.2) is 0 Å². The fourth-order valence-corrected chi connectivity index (χ4v) is 3.59. The number of rotatable bonds is 4. The van der Waals surface area contributed by atoms with Gasteiger partial charge in [0.15, 0.2) is 0 Å². The van der Waals surface area contributed by atoms with Crippen LogP contribution in [0.4, 0.5) is 0 Å². The van der Waals surface area contributed by atoms with E-state index in [1.54, 1.807) is 18.2 Å². The van der Waals surface area contributed by atoms with Crippen molar-refractivity contribution in [1.82, 2.24) is 0 Å². The second kappa shape index (κ2) is 7.44. The van der Waals surface area contributed by atoms with E-state index in [0.29, 0.717) is 10.0 Å². The average molecular weight is 454 g/mol. The zero-order valence-corrected chi connectivity index (χ0v) is 15.5. The summed E-state index contributed by atoms with van der Waals surface area (Å²) in [5, 5.41) is 11.8. The molecule has 0 fully saturated rings. The summed E-state index contributed by atoms with van der Waals surface area (Å²) >= 11 is 19.0. The predicted molar refractivity (Wildman–Crippen MR) is 95.1 cm³/mol. The SMILES string of the molecule is NCC(c1ccc(Cl)cc1Cl)C(O)c1cc(Br)ccc1Br. The Bertz CT molecular complexity index is 652. The highest BCUT2D eigenvalue weighted by Crippen LogP contribution is 2.38. The first-order chi connectivity index (χ1) is 9.93. The average Bonchev–Trinajstić information content (AvgIpc) is 2.44. The third kappa shape index (κ3) is 4.01. The van der Waals surface area contributed by atoms with Crippen LogP contribution in [0.2, 0.25) is 10.0 Å². The minimum Gasteiger partial charge on any atom is -0.388 e.